The summed E-state index contributed by atoms with van der Waals surface area (Å²) < 4.78 is 11.3. The number of hydrogen-bond acceptors (Lipinski definition) is 5. The average molecular weight is 836 g/mol. The van der Waals surface area contributed by atoms with Gasteiger partial charge in [-0.15, -0.1) is 0 Å². The molecular formula is C57H33N5OS. The molecule has 9 aromatic carbocycles. The van der Waals surface area contributed by atoms with Gasteiger partial charge in [0.15, 0.2) is 17.5 Å². The van der Waals surface area contributed by atoms with Crippen LogP contribution in [0.3, 0.4) is 0 Å². The fourth-order valence-corrected chi connectivity index (χ4v) is 10.9. The summed E-state index contributed by atoms with van der Waals surface area (Å²) in [6.07, 6.45) is 0. The Labute approximate surface area is 370 Å². The number of benzene rings is 9. The maximum Gasteiger partial charge on any atom is 0.164 e. The number of rotatable bonds is 5. The average Bonchev–Trinajstić information content (AvgIpc) is 4.03. The Morgan fingerprint density at radius 2 is 1.06 bits per heavy atom. The molecule has 0 bridgehead atoms. The van der Waals surface area contributed by atoms with E-state index in [4.69, 9.17) is 19.4 Å². The van der Waals surface area contributed by atoms with Gasteiger partial charge >= 0.3 is 0 Å². The Bertz CT molecular complexity index is 4060. The van der Waals surface area contributed by atoms with Crippen LogP contribution in [0.5, 0.6) is 0 Å². The smallest absolute Gasteiger partial charge is 0.164 e. The van der Waals surface area contributed by atoms with Crippen molar-refractivity contribution in [3.63, 3.8) is 0 Å². The second-order valence-corrected chi connectivity index (χ2v) is 17.5. The second kappa shape index (κ2) is 13.6. The van der Waals surface area contributed by atoms with Crippen molar-refractivity contribution in [1.29, 1.82) is 0 Å². The van der Waals surface area contributed by atoms with Crippen molar-refractivity contribution in [2.75, 3.05) is 0 Å². The highest BCUT2D eigenvalue weighted by molar-refractivity contribution is 7.99. The Hall–Kier alpha value is -8.26. The predicted octanol–water partition coefficient (Wildman–Crippen LogP) is 15.1. The lowest BCUT2D eigenvalue weighted by molar-refractivity contribution is 0.670. The second-order valence-electron chi connectivity index (χ2n) is 16.4. The quantitative estimate of drug-likeness (QED) is 0.173. The van der Waals surface area contributed by atoms with Crippen molar-refractivity contribution in [1.82, 2.24) is 24.1 Å². The van der Waals surface area contributed by atoms with Gasteiger partial charge in [0, 0.05) is 64.7 Å². The van der Waals surface area contributed by atoms with E-state index in [-0.39, 0.29) is 0 Å². The maximum atomic E-state index is 6.46. The molecule has 298 valence electrons. The van der Waals surface area contributed by atoms with E-state index < -0.39 is 0 Å². The Morgan fingerprint density at radius 3 is 1.95 bits per heavy atom. The molecule has 7 heteroatoms. The van der Waals surface area contributed by atoms with Gasteiger partial charge < -0.3 is 4.42 Å². The zero-order chi connectivity index (χ0) is 41.9. The summed E-state index contributed by atoms with van der Waals surface area (Å²) in [5.41, 5.74) is 12.3. The van der Waals surface area contributed by atoms with Crippen molar-refractivity contribution in [3.8, 4) is 56.7 Å². The van der Waals surface area contributed by atoms with Gasteiger partial charge in [0.1, 0.15) is 16.8 Å². The summed E-state index contributed by atoms with van der Waals surface area (Å²) >= 11 is 1.85. The number of para-hydroxylation sites is 5. The number of nitrogens with zero attached hydrogens (tertiary/aromatic N) is 5. The van der Waals surface area contributed by atoms with Crippen molar-refractivity contribution in [2.45, 2.75) is 9.79 Å². The molecule has 14 rings (SSSR count). The molecular weight excluding hydrogens is 803 g/mol. The fourth-order valence-electron chi connectivity index (χ4n) is 9.84. The standard InChI is InChI=1S/C57H33N5OS/c1-2-13-36-32-39(27-26-34(36)12-1)56-59-54(58-55(60-56)38-15-9-14-37(33-38)41-18-10-19-43-42-16-4-7-23-48(42)63-53(41)43)35-28-30-40(31-29-35)61-46-21-5-3-17-44(46)51-45-20-11-25-50-52(45)62(57(51)61)47-22-6-8-24-49(47)64-50/h1-33H. The molecule has 0 saturated carbocycles. The zero-order valence-corrected chi connectivity index (χ0v) is 34.9. The largest absolute Gasteiger partial charge is 0.455 e. The molecule has 0 N–H and O–H groups in total. The van der Waals surface area contributed by atoms with E-state index in [1.807, 2.05) is 23.9 Å². The molecule has 1 aliphatic rings. The van der Waals surface area contributed by atoms with Gasteiger partial charge in [-0.3, -0.25) is 9.13 Å². The highest BCUT2D eigenvalue weighted by atomic mass is 32.2. The van der Waals surface area contributed by atoms with Crippen LogP contribution >= 0.6 is 11.8 Å². The third kappa shape index (κ3) is 5.25. The van der Waals surface area contributed by atoms with Crippen LogP contribution in [0, 0.1) is 0 Å². The Morgan fingerprint density at radius 1 is 0.422 bits per heavy atom. The molecule has 6 nitrogen and oxygen atoms in total. The van der Waals surface area contributed by atoms with Crippen LogP contribution in [-0.4, -0.2) is 24.1 Å². The van der Waals surface area contributed by atoms with Gasteiger partial charge in [-0.1, -0.05) is 145 Å². The molecule has 4 aromatic heterocycles. The summed E-state index contributed by atoms with van der Waals surface area (Å²) in [7, 11) is 0. The first-order valence-electron chi connectivity index (χ1n) is 21.4. The molecule has 1 aliphatic heterocycles. The van der Waals surface area contributed by atoms with Crippen molar-refractivity contribution in [2.24, 2.45) is 0 Å². The van der Waals surface area contributed by atoms with Gasteiger partial charge in [0.05, 0.1) is 16.7 Å². The molecule has 0 unspecified atom stereocenters. The zero-order valence-electron chi connectivity index (χ0n) is 34.1. The lowest BCUT2D eigenvalue weighted by Gasteiger charge is -2.21. The van der Waals surface area contributed by atoms with E-state index in [0.29, 0.717) is 17.5 Å². The molecule has 0 atom stereocenters. The Balaban J connectivity index is 0.940. The van der Waals surface area contributed by atoms with Crippen LogP contribution in [0.2, 0.25) is 0 Å². The van der Waals surface area contributed by atoms with Crippen LogP contribution in [0.1, 0.15) is 0 Å². The molecule has 64 heavy (non-hydrogen) atoms. The highest BCUT2D eigenvalue weighted by Gasteiger charge is 2.28. The minimum absolute atomic E-state index is 0.597. The van der Waals surface area contributed by atoms with E-state index >= 15 is 0 Å². The van der Waals surface area contributed by atoms with Gasteiger partial charge in [0.25, 0.3) is 0 Å². The van der Waals surface area contributed by atoms with E-state index in [2.05, 4.69) is 197 Å². The molecule has 5 heterocycles. The molecule has 0 spiro atoms. The fraction of sp³-hybridized carbons (Fsp3) is 0. The predicted molar refractivity (Wildman–Crippen MR) is 262 cm³/mol. The van der Waals surface area contributed by atoms with Gasteiger partial charge in [-0.2, -0.15) is 0 Å². The molecule has 0 fully saturated rings. The highest BCUT2D eigenvalue weighted by Crippen LogP contribution is 2.49. The normalized spacial score (nSPS) is 12.3. The molecule has 0 saturated heterocycles. The number of hydrogen-bond donors (Lipinski definition) is 0. The summed E-state index contributed by atoms with van der Waals surface area (Å²) in [5.74, 6) is 1.82. The number of fused-ring (bicyclic) bond motifs is 11. The summed E-state index contributed by atoms with van der Waals surface area (Å²) in [6.45, 7) is 0. The van der Waals surface area contributed by atoms with E-state index in [1.165, 1.54) is 42.5 Å². The van der Waals surface area contributed by atoms with E-state index in [0.717, 1.165) is 72.0 Å². The summed E-state index contributed by atoms with van der Waals surface area (Å²) in [5, 5.41) is 8.24. The van der Waals surface area contributed by atoms with Gasteiger partial charge in [0.2, 0.25) is 0 Å². The van der Waals surface area contributed by atoms with Crippen LogP contribution < -0.4 is 0 Å². The van der Waals surface area contributed by atoms with Crippen LogP contribution in [0.15, 0.2) is 214 Å². The lowest BCUT2D eigenvalue weighted by atomic mass is 10.00. The van der Waals surface area contributed by atoms with Crippen LogP contribution in [0.25, 0.3) is 122 Å². The van der Waals surface area contributed by atoms with Gasteiger partial charge in [-0.05, 0) is 83.1 Å². The molecule has 0 radical (unpaired) electrons. The number of aromatic nitrogens is 5. The summed E-state index contributed by atoms with van der Waals surface area (Å²) in [6, 6.07) is 70.6. The van der Waals surface area contributed by atoms with Crippen molar-refractivity contribution < 1.29 is 4.42 Å². The number of furan rings is 1. The first-order valence-corrected chi connectivity index (χ1v) is 22.2. The minimum atomic E-state index is 0.597. The van der Waals surface area contributed by atoms with Gasteiger partial charge in [-0.25, -0.2) is 15.0 Å². The van der Waals surface area contributed by atoms with E-state index in [1.54, 1.807) is 0 Å². The SMILES string of the molecule is c1cc(-c2nc(-c3ccc(-n4c5ccccc5c5c6cccc7c6n(c54)-c4ccccc4S7)cc3)nc(-c3ccc4ccccc4c3)n2)cc(-c2cccc3c2oc2ccccc23)c1. The van der Waals surface area contributed by atoms with E-state index in [9.17, 15) is 0 Å². The Kier molecular flexibility index (Phi) is 7.52. The molecule has 0 aliphatic carbocycles. The van der Waals surface area contributed by atoms with Crippen LogP contribution in [0.4, 0.5) is 0 Å². The monoisotopic (exact) mass is 835 g/mol. The maximum absolute atomic E-state index is 6.46. The van der Waals surface area contributed by atoms with Crippen molar-refractivity contribution >= 4 is 77.3 Å². The van der Waals surface area contributed by atoms with Crippen LogP contribution in [-0.2, 0) is 0 Å². The third-order valence-corrected chi connectivity index (χ3v) is 13.9. The van der Waals surface area contributed by atoms with Crippen molar-refractivity contribution in [3.05, 3.63) is 200 Å². The molecule has 0 amide bonds. The first-order chi connectivity index (χ1) is 31.7. The lowest BCUT2D eigenvalue weighted by Crippen LogP contribution is -2.05. The third-order valence-electron chi connectivity index (χ3n) is 12.7. The molecule has 13 aromatic rings. The first kappa shape index (κ1) is 35.3. The topological polar surface area (TPSA) is 61.7 Å². The summed E-state index contributed by atoms with van der Waals surface area (Å²) in [4.78, 5) is 18.1. The minimum Gasteiger partial charge on any atom is -0.455 e.